The summed E-state index contributed by atoms with van der Waals surface area (Å²) in [6, 6.07) is 1.12. The summed E-state index contributed by atoms with van der Waals surface area (Å²) in [5, 5.41) is 7.79. The molecule has 0 saturated carbocycles. The van der Waals surface area contributed by atoms with Crippen LogP contribution in [0.3, 0.4) is 0 Å². The predicted molar refractivity (Wildman–Crippen MR) is 81.8 cm³/mol. The van der Waals surface area contributed by atoms with Gasteiger partial charge in [-0.1, -0.05) is 13.8 Å². The van der Waals surface area contributed by atoms with Gasteiger partial charge < -0.3 is 15.5 Å². The number of nitrogens with two attached hydrogens (primary N) is 2. The van der Waals surface area contributed by atoms with Gasteiger partial charge in [0.15, 0.2) is 5.76 Å². The summed E-state index contributed by atoms with van der Waals surface area (Å²) >= 11 is 0. The van der Waals surface area contributed by atoms with E-state index in [9.17, 15) is 13.2 Å². The van der Waals surface area contributed by atoms with Crippen molar-refractivity contribution in [2.24, 2.45) is 16.8 Å². The molecule has 1 heterocycles. The largest absolute Gasteiger partial charge is 0.455 e. The smallest absolute Gasteiger partial charge is 0.287 e. The number of sulfonamides is 1. The first kappa shape index (κ1) is 19.9. The maximum Gasteiger partial charge on any atom is 0.287 e. The molecule has 0 spiro atoms. The molecule has 1 aromatic rings. The lowest BCUT2D eigenvalue weighted by atomic mass is 9.88. The summed E-state index contributed by atoms with van der Waals surface area (Å²) in [6.07, 6.45) is 0. The maximum atomic E-state index is 12.1. The zero-order valence-corrected chi connectivity index (χ0v) is 14.1. The molecule has 7 nitrogen and oxygen atoms in total. The minimum absolute atomic E-state index is 0. The van der Waals surface area contributed by atoms with E-state index >= 15 is 0 Å². The minimum Gasteiger partial charge on any atom is -0.455 e. The highest BCUT2D eigenvalue weighted by atomic mass is 35.5. The van der Waals surface area contributed by atoms with Crippen molar-refractivity contribution in [1.29, 1.82) is 0 Å². The lowest BCUT2D eigenvalue weighted by molar-refractivity contribution is 0.0853. The van der Waals surface area contributed by atoms with Crippen LogP contribution in [0.15, 0.2) is 15.4 Å². The Morgan fingerprint density at radius 2 is 2.00 bits per heavy atom. The van der Waals surface area contributed by atoms with E-state index in [1.54, 1.807) is 0 Å². The number of aryl methyl sites for hydroxylation is 1. The molecule has 5 N–H and O–H groups in total. The number of furan rings is 1. The van der Waals surface area contributed by atoms with Crippen LogP contribution in [-0.2, 0) is 10.0 Å². The van der Waals surface area contributed by atoms with Gasteiger partial charge in [-0.3, -0.25) is 4.79 Å². The Labute approximate surface area is 130 Å². The van der Waals surface area contributed by atoms with E-state index in [0.717, 1.165) is 6.07 Å². The van der Waals surface area contributed by atoms with Crippen LogP contribution in [0.1, 0.15) is 37.1 Å². The fourth-order valence-electron chi connectivity index (χ4n) is 1.61. The van der Waals surface area contributed by atoms with E-state index < -0.39 is 21.5 Å². The van der Waals surface area contributed by atoms with Crippen LogP contribution < -0.4 is 16.2 Å². The van der Waals surface area contributed by atoms with Crippen molar-refractivity contribution < 1.29 is 17.6 Å². The number of primary sulfonamides is 1. The quantitative estimate of drug-likeness (QED) is 0.729. The summed E-state index contributed by atoms with van der Waals surface area (Å²) in [6.45, 7) is 7.35. The number of nitrogens with one attached hydrogen (secondary N) is 1. The number of hydrogen-bond donors (Lipinski definition) is 3. The molecule has 0 bridgehead atoms. The molecule has 1 aromatic heterocycles. The molecule has 21 heavy (non-hydrogen) atoms. The molecule has 0 aliphatic rings. The standard InChI is InChI=1S/C12H21N3O4S.ClH/c1-7(2)12(4,6-13)15-11(16)9-5-10(8(3)19-9)20(14,17)18;/h5,7H,6,13H2,1-4H3,(H,15,16)(H2,14,17,18);1H. The molecule has 122 valence electrons. The molecule has 9 heteroatoms. The van der Waals surface area contributed by atoms with Crippen LogP contribution in [0, 0.1) is 12.8 Å². The Morgan fingerprint density at radius 1 is 1.48 bits per heavy atom. The van der Waals surface area contributed by atoms with Crippen LogP contribution >= 0.6 is 12.4 Å². The lowest BCUT2D eigenvalue weighted by Gasteiger charge is -2.33. The Hall–Kier alpha value is -1.09. The van der Waals surface area contributed by atoms with Crippen LogP contribution in [0.4, 0.5) is 0 Å². The number of carbonyl (C=O) groups excluding carboxylic acids is 1. The fourth-order valence-corrected chi connectivity index (χ4v) is 2.33. The first-order chi connectivity index (χ1) is 9.01. The number of hydrogen-bond acceptors (Lipinski definition) is 5. The van der Waals surface area contributed by atoms with Gasteiger partial charge in [-0.05, 0) is 19.8 Å². The summed E-state index contributed by atoms with van der Waals surface area (Å²) in [5.41, 5.74) is 5.07. The Bertz CT molecular complexity index is 612. The Kier molecular flexibility index (Phi) is 6.43. The second-order valence-electron chi connectivity index (χ2n) is 5.31. The van der Waals surface area contributed by atoms with Crippen molar-refractivity contribution in [3.05, 3.63) is 17.6 Å². The fraction of sp³-hybridized carbons (Fsp3) is 0.583. The van der Waals surface area contributed by atoms with Gasteiger partial charge in [0.2, 0.25) is 10.0 Å². The van der Waals surface area contributed by atoms with Crippen LogP contribution in [0.5, 0.6) is 0 Å². The molecular formula is C12H22ClN3O4S. The highest BCUT2D eigenvalue weighted by Crippen LogP contribution is 2.20. The molecule has 0 aliphatic heterocycles. The van der Waals surface area contributed by atoms with Crippen molar-refractivity contribution in [2.75, 3.05) is 6.54 Å². The predicted octanol–water partition coefficient (Wildman–Crippen LogP) is 0.760. The van der Waals surface area contributed by atoms with Gasteiger partial charge in [0.25, 0.3) is 5.91 Å². The zero-order chi connectivity index (χ0) is 15.7. The van der Waals surface area contributed by atoms with Gasteiger partial charge in [-0.25, -0.2) is 13.6 Å². The summed E-state index contributed by atoms with van der Waals surface area (Å²) in [7, 11) is -3.91. The molecule has 0 aromatic carbocycles. The van der Waals surface area contributed by atoms with Crippen LogP contribution in [0.25, 0.3) is 0 Å². The van der Waals surface area contributed by atoms with Gasteiger partial charge in [0.1, 0.15) is 10.7 Å². The minimum atomic E-state index is -3.91. The first-order valence-corrected chi connectivity index (χ1v) is 7.71. The third-order valence-electron chi connectivity index (χ3n) is 3.50. The van der Waals surface area contributed by atoms with Gasteiger partial charge in [0, 0.05) is 12.6 Å². The average molecular weight is 340 g/mol. The van der Waals surface area contributed by atoms with E-state index in [-0.39, 0.29) is 41.3 Å². The van der Waals surface area contributed by atoms with Gasteiger partial charge in [-0.2, -0.15) is 0 Å². The SMILES string of the molecule is Cc1oc(C(=O)NC(C)(CN)C(C)C)cc1S(N)(=O)=O.Cl. The van der Waals surface area contributed by atoms with Crippen LogP contribution in [0.2, 0.25) is 0 Å². The number of rotatable bonds is 5. The topological polar surface area (TPSA) is 128 Å². The molecule has 1 atom stereocenters. The average Bonchev–Trinajstić information content (AvgIpc) is 2.70. The summed E-state index contributed by atoms with van der Waals surface area (Å²) in [5.74, 6) is -0.446. The van der Waals surface area contributed by atoms with Crippen molar-refractivity contribution in [1.82, 2.24) is 5.32 Å². The first-order valence-electron chi connectivity index (χ1n) is 6.17. The lowest BCUT2D eigenvalue weighted by Crippen LogP contribution is -2.54. The molecule has 0 radical (unpaired) electrons. The van der Waals surface area contributed by atoms with Gasteiger partial charge in [-0.15, -0.1) is 12.4 Å². The third kappa shape index (κ3) is 4.44. The number of halogens is 1. The van der Waals surface area contributed by atoms with Crippen molar-refractivity contribution >= 4 is 28.3 Å². The monoisotopic (exact) mass is 339 g/mol. The molecule has 0 aliphatic carbocycles. The van der Waals surface area contributed by atoms with E-state index in [4.69, 9.17) is 15.3 Å². The zero-order valence-electron chi connectivity index (χ0n) is 12.5. The molecule has 0 saturated heterocycles. The highest BCUT2D eigenvalue weighted by Gasteiger charge is 2.31. The molecule has 1 amide bonds. The number of carbonyl (C=O) groups is 1. The highest BCUT2D eigenvalue weighted by molar-refractivity contribution is 7.89. The molecular weight excluding hydrogens is 318 g/mol. The van der Waals surface area contributed by atoms with E-state index in [2.05, 4.69) is 5.32 Å². The van der Waals surface area contributed by atoms with Crippen molar-refractivity contribution in [3.8, 4) is 0 Å². The normalized spacial score (nSPS) is 14.4. The van der Waals surface area contributed by atoms with Gasteiger partial charge in [0.05, 0.1) is 5.54 Å². The Morgan fingerprint density at radius 3 is 2.33 bits per heavy atom. The van der Waals surface area contributed by atoms with E-state index in [1.165, 1.54) is 6.92 Å². The third-order valence-corrected chi connectivity index (χ3v) is 4.52. The number of amides is 1. The van der Waals surface area contributed by atoms with E-state index in [0.29, 0.717) is 0 Å². The summed E-state index contributed by atoms with van der Waals surface area (Å²) < 4.78 is 27.8. The van der Waals surface area contributed by atoms with Crippen LogP contribution in [-0.4, -0.2) is 26.4 Å². The second kappa shape index (κ2) is 6.78. The van der Waals surface area contributed by atoms with Gasteiger partial charge >= 0.3 is 0 Å². The summed E-state index contributed by atoms with van der Waals surface area (Å²) in [4.78, 5) is 11.9. The second-order valence-corrected chi connectivity index (χ2v) is 6.84. The maximum absolute atomic E-state index is 12.1. The Balaban J connectivity index is 0.00000400. The molecule has 1 unspecified atom stereocenters. The van der Waals surface area contributed by atoms with Crippen molar-refractivity contribution in [2.45, 2.75) is 38.1 Å². The molecule has 1 rings (SSSR count). The molecule has 0 fully saturated rings. The van der Waals surface area contributed by atoms with E-state index in [1.807, 2.05) is 20.8 Å². The van der Waals surface area contributed by atoms with Crippen molar-refractivity contribution in [3.63, 3.8) is 0 Å².